The van der Waals surface area contributed by atoms with Gasteiger partial charge in [-0.05, 0) is 34.7 Å². The Morgan fingerprint density at radius 3 is 3.00 bits per heavy atom. The van der Waals surface area contributed by atoms with Crippen LogP contribution in [0, 0.1) is 5.92 Å². The average Bonchev–Trinajstić information content (AvgIpc) is 2.73. The van der Waals surface area contributed by atoms with Crippen LogP contribution < -0.4 is 10.9 Å². The zero-order valence-corrected chi connectivity index (χ0v) is 10.0. The highest BCUT2D eigenvalue weighted by molar-refractivity contribution is 9.10. The topological polar surface area (TPSA) is 57.8 Å². The van der Waals surface area contributed by atoms with E-state index in [1.165, 1.54) is 25.7 Å². The van der Waals surface area contributed by atoms with E-state index >= 15 is 0 Å². The Hall–Kier alpha value is -0.840. The van der Waals surface area contributed by atoms with E-state index in [1.54, 1.807) is 6.20 Å². The molecule has 0 aromatic carbocycles. The Balaban J connectivity index is 1.98. The molecule has 0 bridgehead atoms. The number of anilines is 1. The Morgan fingerprint density at radius 2 is 2.27 bits per heavy atom. The molecule has 2 N–H and O–H groups in total. The standard InChI is InChI=1S/C10H14BrN3O/c11-9-8(6-13-14-10(9)15)12-5-7-3-1-2-4-7/h6-7H,1-5H2,(H2,12,14,15). The fraction of sp³-hybridized carbons (Fsp3) is 0.600. The van der Waals surface area contributed by atoms with Crippen molar-refractivity contribution < 1.29 is 0 Å². The van der Waals surface area contributed by atoms with Gasteiger partial charge in [-0.2, -0.15) is 5.10 Å². The molecule has 15 heavy (non-hydrogen) atoms. The van der Waals surface area contributed by atoms with Crippen LogP contribution in [0.3, 0.4) is 0 Å². The van der Waals surface area contributed by atoms with Gasteiger partial charge >= 0.3 is 0 Å². The van der Waals surface area contributed by atoms with Crippen LogP contribution in [-0.4, -0.2) is 16.7 Å². The number of halogens is 1. The van der Waals surface area contributed by atoms with Gasteiger partial charge in [-0.1, -0.05) is 12.8 Å². The molecule has 1 aromatic rings. The van der Waals surface area contributed by atoms with Crippen molar-refractivity contribution in [3.8, 4) is 0 Å². The van der Waals surface area contributed by atoms with Gasteiger partial charge in [0.15, 0.2) is 0 Å². The number of rotatable bonds is 3. The molecule has 0 radical (unpaired) electrons. The second-order valence-electron chi connectivity index (χ2n) is 3.96. The Labute approximate surface area is 96.6 Å². The van der Waals surface area contributed by atoms with E-state index in [-0.39, 0.29) is 5.56 Å². The summed E-state index contributed by atoms with van der Waals surface area (Å²) < 4.78 is 0.537. The van der Waals surface area contributed by atoms with Gasteiger partial charge in [0.2, 0.25) is 0 Å². The molecule has 2 rings (SSSR count). The number of aromatic amines is 1. The number of hydrogen-bond acceptors (Lipinski definition) is 3. The molecule has 0 unspecified atom stereocenters. The predicted molar refractivity (Wildman–Crippen MR) is 63.0 cm³/mol. The maximum absolute atomic E-state index is 11.2. The minimum atomic E-state index is -0.188. The second-order valence-corrected chi connectivity index (χ2v) is 4.75. The van der Waals surface area contributed by atoms with Crippen molar-refractivity contribution in [1.82, 2.24) is 10.2 Å². The molecule has 0 saturated heterocycles. The third-order valence-corrected chi connectivity index (χ3v) is 3.64. The molecular weight excluding hydrogens is 258 g/mol. The molecule has 1 saturated carbocycles. The first-order valence-electron chi connectivity index (χ1n) is 5.24. The summed E-state index contributed by atoms with van der Waals surface area (Å²) in [4.78, 5) is 11.2. The van der Waals surface area contributed by atoms with E-state index in [1.807, 2.05) is 0 Å². The van der Waals surface area contributed by atoms with Crippen LogP contribution in [0.1, 0.15) is 25.7 Å². The number of nitrogens with one attached hydrogen (secondary N) is 2. The molecule has 0 atom stereocenters. The summed E-state index contributed by atoms with van der Waals surface area (Å²) >= 11 is 3.24. The highest BCUT2D eigenvalue weighted by atomic mass is 79.9. The van der Waals surface area contributed by atoms with Gasteiger partial charge in [-0.25, -0.2) is 5.10 Å². The van der Waals surface area contributed by atoms with Crippen LogP contribution in [0.5, 0.6) is 0 Å². The monoisotopic (exact) mass is 271 g/mol. The molecule has 0 aliphatic heterocycles. The summed E-state index contributed by atoms with van der Waals surface area (Å²) in [6, 6.07) is 0. The molecule has 4 nitrogen and oxygen atoms in total. The van der Waals surface area contributed by atoms with E-state index in [0.717, 1.165) is 18.2 Å². The summed E-state index contributed by atoms with van der Waals surface area (Å²) in [6.45, 7) is 0.934. The number of nitrogens with zero attached hydrogens (tertiary/aromatic N) is 1. The lowest BCUT2D eigenvalue weighted by Crippen LogP contribution is -2.16. The van der Waals surface area contributed by atoms with Gasteiger partial charge in [0.05, 0.1) is 11.9 Å². The molecular formula is C10H14BrN3O. The Morgan fingerprint density at radius 1 is 1.53 bits per heavy atom. The highest BCUT2D eigenvalue weighted by Crippen LogP contribution is 2.25. The van der Waals surface area contributed by atoms with Crippen molar-refractivity contribution >= 4 is 21.6 Å². The van der Waals surface area contributed by atoms with Gasteiger partial charge in [0.1, 0.15) is 4.47 Å². The molecule has 1 aliphatic rings. The fourth-order valence-corrected chi connectivity index (χ4v) is 2.31. The van der Waals surface area contributed by atoms with Crippen molar-refractivity contribution in [2.75, 3.05) is 11.9 Å². The van der Waals surface area contributed by atoms with Crippen LogP contribution in [0.25, 0.3) is 0 Å². The first kappa shape index (κ1) is 10.7. The molecule has 0 spiro atoms. The lowest BCUT2D eigenvalue weighted by Gasteiger charge is -2.11. The van der Waals surface area contributed by atoms with Crippen molar-refractivity contribution in [3.63, 3.8) is 0 Å². The van der Waals surface area contributed by atoms with Crippen molar-refractivity contribution in [3.05, 3.63) is 21.0 Å². The Kier molecular flexibility index (Phi) is 3.41. The Bertz CT molecular complexity index is 384. The van der Waals surface area contributed by atoms with E-state index in [9.17, 15) is 4.79 Å². The van der Waals surface area contributed by atoms with Crippen LogP contribution >= 0.6 is 15.9 Å². The van der Waals surface area contributed by atoms with E-state index < -0.39 is 0 Å². The van der Waals surface area contributed by atoms with Crippen LogP contribution in [0.4, 0.5) is 5.69 Å². The SMILES string of the molecule is O=c1[nH]ncc(NCC2CCCC2)c1Br. The minimum absolute atomic E-state index is 0.188. The first-order valence-corrected chi connectivity index (χ1v) is 6.03. The maximum Gasteiger partial charge on any atom is 0.280 e. The molecule has 1 aromatic heterocycles. The van der Waals surface area contributed by atoms with E-state index in [4.69, 9.17) is 0 Å². The summed E-state index contributed by atoms with van der Waals surface area (Å²) in [5.74, 6) is 0.746. The zero-order chi connectivity index (χ0) is 10.7. The van der Waals surface area contributed by atoms with E-state index in [2.05, 4.69) is 31.4 Å². The van der Waals surface area contributed by atoms with Gasteiger partial charge in [-0.3, -0.25) is 4.79 Å². The number of hydrogen-bond donors (Lipinski definition) is 2. The lowest BCUT2D eigenvalue weighted by molar-refractivity contribution is 0.579. The zero-order valence-electron chi connectivity index (χ0n) is 8.42. The van der Waals surface area contributed by atoms with Crippen LogP contribution in [0.15, 0.2) is 15.5 Å². The largest absolute Gasteiger partial charge is 0.382 e. The quantitative estimate of drug-likeness (QED) is 0.886. The van der Waals surface area contributed by atoms with Gasteiger partial charge < -0.3 is 5.32 Å². The predicted octanol–water partition coefficient (Wildman–Crippen LogP) is 2.13. The van der Waals surface area contributed by atoms with E-state index in [0.29, 0.717) is 4.47 Å². The van der Waals surface area contributed by atoms with Gasteiger partial charge in [-0.15, -0.1) is 0 Å². The number of aromatic nitrogens is 2. The maximum atomic E-state index is 11.2. The second kappa shape index (κ2) is 4.79. The molecule has 1 heterocycles. The van der Waals surface area contributed by atoms with Crippen molar-refractivity contribution in [2.45, 2.75) is 25.7 Å². The highest BCUT2D eigenvalue weighted by Gasteiger charge is 2.15. The summed E-state index contributed by atoms with van der Waals surface area (Å²) in [6.07, 6.45) is 6.89. The summed E-state index contributed by atoms with van der Waals surface area (Å²) in [5, 5.41) is 9.40. The van der Waals surface area contributed by atoms with Gasteiger partial charge in [0, 0.05) is 6.54 Å². The molecule has 0 amide bonds. The molecule has 82 valence electrons. The third-order valence-electron chi connectivity index (χ3n) is 2.85. The smallest absolute Gasteiger partial charge is 0.280 e. The fourth-order valence-electron chi connectivity index (χ4n) is 1.98. The molecule has 1 fully saturated rings. The molecule has 5 heteroatoms. The normalized spacial score (nSPS) is 16.9. The van der Waals surface area contributed by atoms with Crippen molar-refractivity contribution in [1.29, 1.82) is 0 Å². The van der Waals surface area contributed by atoms with Gasteiger partial charge in [0.25, 0.3) is 5.56 Å². The summed E-state index contributed by atoms with van der Waals surface area (Å²) in [5.41, 5.74) is 0.595. The third kappa shape index (κ3) is 2.59. The average molecular weight is 272 g/mol. The van der Waals surface area contributed by atoms with Crippen LogP contribution in [0.2, 0.25) is 0 Å². The summed E-state index contributed by atoms with van der Waals surface area (Å²) in [7, 11) is 0. The lowest BCUT2D eigenvalue weighted by atomic mass is 10.1. The van der Waals surface area contributed by atoms with Crippen molar-refractivity contribution in [2.24, 2.45) is 5.92 Å². The minimum Gasteiger partial charge on any atom is -0.382 e. The van der Waals surface area contributed by atoms with Crippen LogP contribution in [-0.2, 0) is 0 Å². The first-order chi connectivity index (χ1) is 7.27. The number of H-pyrrole nitrogens is 1. The molecule has 1 aliphatic carbocycles.